The summed E-state index contributed by atoms with van der Waals surface area (Å²) < 4.78 is 10.6. The van der Waals surface area contributed by atoms with Gasteiger partial charge in [0.1, 0.15) is 12.4 Å². The first-order valence-corrected chi connectivity index (χ1v) is 10.0. The van der Waals surface area contributed by atoms with Crippen LogP contribution in [0.25, 0.3) is 0 Å². The molecule has 1 aliphatic carbocycles. The highest BCUT2D eigenvalue weighted by Gasteiger charge is 2.48. The Hall–Kier alpha value is -2.57. The summed E-state index contributed by atoms with van der Waals surface area (Å²) >= 11 is 0. The maximum absolute atomic E-state index is 12.8. The highest BCUT2D eigenvalue weighted by Crippen LogP contribution is 2.49. The van der Waals surface area contributed by atoms with Gasteiger partial charge in [0.05, 0.1) is 24.3 Å². The van der Waals surface area contributed by atoms with Gasteiger partial charge in [-0.25, -0.2) is 4.99 Å². The number of aliphatic hydroxyl groups is 1. The average Bonchev–Trinajstić information content (AvgIpc) is 3.35. The number of nitrogens with zero attached hydrogens (tertiary/aromatic N) is 2. The van der Waals surface area contributed by atoms with Gasteiger partial charge in [0.15, 0.2) is 0 Å². The van der Waals surface area contributed by atoms with Gasteiger partial charge in [0.25, 0.3) is 0 Å². The van der Waals surface area contributed by atoms with Crippen molar-refractivity contribution in [2.75, 3.05) is 20.3 Å². The van der Waals surface area contributed by atoms with Crippen molar-refractivity contribution in [2.45, 2.75) is 43.7 Å². The number of hydrogen-bond donors (Lipinski definition) is 1. The van der Waals surface area contributed by atoms with E-state index in [0.717, 1.165) is 35.2 Å². The highest BCUT2D eigenvalue weighted by molar-refractivity contribution is 5.97. The molecule has 0 saturated heterocycles. The van der Waals surface area contributed by atoms with Gasteiger partial charge in [-0.3, -0.25) is 9.78 Å². The molecule has 6 heteroatoms. The normalized spacial score (nSPS) is 17.4. The summed E-state index contributed by atoms with van der Waals surface area (Å²) in [7, 11) is 1.63. The van der Waals surface area contributed by atoms with Crippen molar-refractivity contribution in [3.63, 3.8) is 0 Å². The molecule has 152 valence electrons. The van der Waals surface area contributed by atoms with Crippen LogP contribution in [0.1, 0.15) is 47.6 Å². The van der Waals surface area contributed by atoms with E-state index in [2.05, 4.69) is 9.98 Å². The number of Topliss-reactive ketones (excluding diaryl/α,β-unsaturated/α-hetero) is 1. The first-order chi connectivity index (χ1) is 14.1. The zero-order valence-corrected chi connectivity index (χ0v) is 16.6. The van der Waals surface area contributed by atoms with Gasteiger partial charge in [-0.1, -0.05) is 30.3 Å². The van der Waals surface area contributed by atoms with Crippen molar-refractivity contribution in [1.29, 1.82) is 0 Å². The second kappa shape index (κ2) is 8.43. The lowest BCUT2D eigenvalue weighted by Gasteiger charge is -2.22. The van der Waals surface area contributed by atoms with Crippen LogP contribution in [0.15, 0.2) is 47.6 Å². The van der Waals surface area contributed by atoms with Gasteiger partial charge >= 0.3 is 0 Å². The molecule has 1 fully saturated rings. The largest absolute Gasteiger partial charge is 0.475 e. The predicted molar refractivity (Wildman–Crippen MR) is 109 cm³/mol. The van der Waals surface area contributed by atoms with Gasteiger partial charge in [-0.05, 0) is 30.0 Å². The molecule has 0 amide bonds. The second-order valence-electron chi connectivity index (χ2n) is 7.78. The van der Waals surface area contributed by atoms with E-state index in [-0.39, 0.29) is 18.1 Å². The monoisotopic (exact) mass is 394 g/mol. The van der Waals surface area contributed by atoms with Crippen LogP contribution in [0.4, 0.5) is 0 Å². The number of hydrogen-bond acceptors (Lipinski definition) is 6. The minimum atomic E-state index is -0.745. The molecule has 1 N–H and O–H groups in total. The van der Waals surface area contributed by atoms with E-state index in [9.17, 15) is 9.90 Å². The van der Waals surface area contributed by atoms with Gasteiger partial charge in [0.2, 0.25) is 5.90 Å². The van der Waals surface area contributed by atoms with Crippen LogP contribution >= 0.6 is 0 Å². The molecule has 0 unspecified atom stereocenters. The standard InChI is InChI=1S/C23H26N2O4/c1-28-9-10-29-22-20-15-24-18(11-17(20)14-25-22)12-19(26)13-21(23(27)7-8-23)16-5-3-2-4-6-16/h2-6,11,15,21,27H,7-10,12-14H2,1H3/t21-/m0/s1. The molecule has 2 aromatic rings. The number of methoxy groups -OCH3 is 1. The Morgan fingerprint density at radius 2 is 2.03 bits per heavy atom. The number of carbonyl (C=O) groups excluding carboxylic acids is 1. The molecular weight excluding hydrogens is 368 g/mol. The molecule has 0 bridgehead atoms. The quantitative estimate of drug-likeness (QED) is 0.662. The Morgan fingerprint density at radius 3 is 2.76 bits per heavy atom. The minimum absolute atomic E-state index is 0.0853. The molecule has 1 aromatic carbocycles. The van der Waals surface area contributed by atoms with Crippen molar-refractivity contribution in [2.24, 2.45) is 4.99 Å². The average molecular weight is 394 g/mol. The number of benzene rings is 1. The van der Waals surface area contributed by atoms with Crippen LogP contribution in [-0.2, 0) is 27.2 Å². The lowest BCUT2D eigenvalue weighted by atomic mass is 9.86. The lowest BCUT2D eigenvalue weighted by molar-refractivity contribution is -0.119. The van der Waals surface area contributed by atoms with Gasteiger partial charge in [-0.15, -0.1) is 0 Å². The fourth-order valence-corrected chi connectivity index (χ4v) is 3.84. The number of ketones is 1. The van der Waals surface area contributed by atoms with E-state index >= 15 is 0 Å². The van der Waals surface area contributed by atoms with E-state index in [1.54, 1.807) is 13.3 Å². The Balaban J connectivity index is 1.40. The lowest BCUT2D eigenvalue weighted by Crippen LogP contribution is -2.23. The van der Waals surface area contributed by atoms with Gasteiger partial charge in [-0.2, -0.15) is 0 Å². The molecule has 2 aliphatic rings. The van der Waals surface area contributed by atoms with Crippen LogP contribution in [-0.4, -0.2) is 47.7 Å². The van der Waals surface area contributed by atoms with E-state index in [0.29, 0.717) is 32.1 Å². The smallest absolute Gasteiger partial charge is 0.218 e. The Labute approximate surface area is 170 Å². The summed E-state index contributed by atoms with van der Waals surface area (Å²) in [5, 5.41) is 10.7. The third kappa shape index (κ3) is 4.54. The minimum Gasteiger partial charge on any atom is -0.475 e. The molecule has 29 heavy (non-hydrogen) atoms. The number of pyridine rings is 1. The summed E-state index contributed by atoms with van der Waals surface area (Å²) in [5.41, 5.74) is 2.91. The number of rotatable bonds is 9. The number of carbonyl (C=O) groups is 1. The Kier molecular flexibility index (Phi) is 5.74. The van der Waals surface area contributed by atoms with Crippen LogP contribution in [0, 0.1) is 0 Å². The fraction of sp³-hybridized carbons (Fsp3) is 0.435. The molecule has 0 radical (unpaired) electrons. The summed E-state index contributed by atoms with van der Waals surface area (Å²) in [6.45, 7) is 1.48. The Morgan fingerprint density at radius 1 is 1.24 bits per heavy atom. The SMILES string of the molecule is COCCOC1=NCc2cc(CC(=O)C[C@@H](c3ccccc3)C3(O)CC3)ncc21. The predicted octanol–water partition coefficient (Wildman–Crippen LogP) is 2.82. The maximum Gasteiger partial charge on any atom is 0.218 e. The van der Waals surface area contributed by atoms with Crippen LogP contribution in [0.3, 0.4) is 0 Å². The van der Waals surface area contributed by atoms with Crippen LogP contribution in [0.2, 0.25) is 0 Å². The van der Waals surface area contributed by atoms with Crippen molar-refractivity contribution in [3.05, 3.63) is 65.0 Å². The van der Waals surface area contributed by atoms with E-state index in [4.69, 9.17) is 9.47 Å². The van der Waals surface area contributed by atoms with Gasteiger partial charge < -0.3 is 14.6 Å². The molecule has 1 aromatic heterocycles. The molecule has 1 atom stereocenters. The molecule has 6 nitrogen and oxygen atoms in total. The van der Waals surface area contributed by atoms with Crippen LogP contribution < -0.4 is 0 Å². The third-order valence-corrected chi connectivity index (χ3v) is 5.62. The molecule has 1 aliphatic heterocycles. The van der Waals surface area contributed by atoms with E-state index in [1.165, 1.54) is 0 Å². The summed E-state index contributed by atoms with van der Waals surface area (Å²) in [5.74, 6) is 0.513. The molecule has 2 heterocycles. The number of aliphatic imine (C=N–C) groups is 1. The Bertz CT molecular complexity index is 906. The topological polar surface area (TPSA) is 81.0 Å². The van der Waals surface area contributed by atoms with Crippen molar-refractivity contribution in [3.8, 4) is 0 Å². The van der Waals surface area contributed by atoms with Crippen molar-refractivity contribution in [1.82, 2.24) is 4.98 Å². The summed E-state index contributed by atoms with van der Waals surface area (Å²) in [6.07, 6.45) is 3.81. The number of fused-ring (bicyclic) bond motifs is 1. The van der Waals surface area contributed by atoms with Crippen molar-refractivity contribution >= 4 is 11.7 Å². The summed E-state index contributed by atoms with van der Waals surface area (Å²) in [6, 6.07) is 11.8. The van der Waals surface area contributed by atoms with E-state index in [1.807, 2.05) is 36.4 Å². The second-order valence-corrected chi connectivity index (χ2v) is 7.78. The zero-order chi connectivity index (χ0) is 20.3. The van der Waals surface area contributed by atoms with Crippen LogP contribution in [0.5, 0.6) is 0 Å². The fourth-order valence-electron chi connectivity index (χ4n) is 3.84. The van der Waals surface area contributed by atoms with Crippen molar-refractivity contribution < 1.29 is 19.4 Å². The first kappa shape index (κ1) is 19.7. The number of ether oxygens (including phenoxy) is 2. The third-order valence-electron chi connectivity index (χ3n) is 5.62. The maximum atomic E-state index is 12.8. The zero-order valence-electron chi connectivity index (χ0n) is 16.6. The molecule has 0 spiro atoms. The number of aromatic nitrogens is 1. The first-order valence-electron chi connectivity index (χ1n) is 10.0. The summed E-state index contributed by atoms with van der Waals surface area (Å²) in [4.78, 5) is 21.6. The molecule has 1 saturated carbocycles. The molecular formula is C23H26N2O4. The highest BCUT2D eigenvalue weighted by atomic mass is 16.5. The molecule has 4 rings (SSSR count). The van der Waals surface area contributed by atoms with Gasteiger partial charge in [0, 0.05) is 37.8 Å². The van der Waals surface area contributed by atoms with E-state index < -0.39 is 5.60 Å².